The molecule has 0 spiro atoms. The fraction of sp³-hybridized carbons (Fsp3) is 0.211. The Morgan fingerprint density at radius 2 is 1.23 bits per heavy atom. The van der Waals surface area contributed by atoms with Crippen LogP contribution in [0.1, 0.15) is 57.1 Å². The molecule has 0 fully saturated rings. The highest BCUT2D eigenvalue weighted by molar-refractivity contribution is 6.32. The minimum Gasteiger partial charge on any atom is -0.309 e. The average Bonchev–Trinajstić information content (AvgIpc) is 3.45. The van der Waals surface area contributed by atoms with E-state index >= 15 is 0 Å². The molecule has 0 bridgehead atoms. The van der Waals surface area contributed by atoms with Gasteiger partial charge >= 0.3 is 0 Å². The molecule has 194 valence electrons. The first-order valence-corrected chi connectivity index (χ1v) is 14.7. The lowest BCUT2D eigenvalue weighted by atomic mass is 9.74. The SMILES string of the molecule is [B]c1ccc2c(c1)C(C)(CCCCCC)c1cc(-c3ccc(-n4c5ccccc5c5ccccc54)cc3)ccc1-2. The van der Waals surface area contributed by atoms with Crippen molar-refractivity contribution in [1.82, 2.24) is 4.57 Å². The second-order valence-corrected chi connectivity index (χ2v) is 11.6. The Hall–Kier alpha value is -4.04. The van der Waals surface area contributed by atoms with E-state index in [0.29, 0.717) is 0 Å². The summed E-state index contributed by atoms with van der Waals surface area (Å²) in [4.78, 5) is 0. The standard InChI is InChI=1S/C38H34BN/c1-3-4-5-10-23-38(2)34-24-27(17-21-30(34)31-22-18-28(39)25-35(31)38)26-15-19-29(20-16-26)40-36-13-8-6-11-32(36)33-12-7-9-14-37(33)40/h6-9,11-22,24-25H,3-5,10,23H2,1-2H3. The van der Waals surface area contributed by atoms with Gasteiger partial charge in [0.2, 0.25) is 0 Å². The van der Waals surface area contributed by atoms with Crippen molar-refractivity contribution in [1.29, 1.82) is 0 Å². The number of hydrogen-bond acceptors (Lipinski definition) is 0. The van der Waals surface area contributed by atoms with Crippen molar-refractivity contribution in [2.45, 2.75) is 51.4 Å². The summed E-state index contributed by atoms with van der Waals surface area (Å²) in [5.41, 5.74) is 12.5. The Labute approximate surface area is 238 Å². The van der Waals surface area contributed by atoms with Crippen LogP contribution in [0, 0.1) is 0 Å². The zero-order valence-corrected chi connectivity index (χ0v) is 23.5. The van der Waals surface area contributed by atoms with E-state index in [4.69, 9.17) is 7.85 Å². The Kier molecular flexibility index (Phi) is 6.15. The molecular formula is C38H34BN. The van der Waals surface area contributed by atoms with Crippen LogP contribution >= 0.6 is 0 Å². The molecule has 5 aromatic carbocycles. The molecule has 1 aliphatic rings. The van der Waals surface area contributed by atoms with Gasteiger partial charge in [0.25, 0.3) is 0 Å². The zero-order chi connectivity index (χ0) is 27.3. The van der Waals surface area contributed by atoms with E-state index in [1.165, 1.54) is 86.6 Å². The molecule has 1 heterocycles. The summed E-state index contributed by atoms with van der Waals surface area (Å²) in [7, 11) is 6.31. The van der Waals surface area contributed by atoms with Crippen LogP contribution in [0.3, 0.4) is 0 Å². The largest absolute Gasteiger partial charge is 0.309 e. The lowest BCUT2D eigenvalue weighted by Gasteiger charge is -2.28. The summed E-state index contributed by atoms with van der Waals surface area (Å²) in [6.45, 7) is 4.71. The Bertz CT molecular complexity index is 1810. The van der Waals surface area contributed by atoms with Gasteiger partial charge in [0, 0.05) is 21.9 Å². The summed E-state index contributed by atoms with van der Waals surface area (Å²) in [6.07, 6.45) is 6.21. The van der Waals surface area contributed by atoms with Crippen molar-refractivity contribution in [3.8, 4) is 27.9 Å². The van der Waals surface area contributed by atoms with E-state index in [2.05, 4.69) is 122 Å². The van der Waals surface area contributed by atoms with Crippen LogP contribution in [0.5, 0.6) is 0 Å². The molecule has 40 heavy (non-hydrogen) atoms. The number of fused-ring (bicyclic) bond motifs is 6. The van der Waals surface area contributed by atoms with Crippen molar-refractivity contribution in [3.05, 3.63) is 120 Å². The molecule has 1 unspecified atom stereocenters. The summed E-state index contributed by atoms with van der Waals surface area (Å²) in [5.74, 6) is 0. The van der Waals surface area contributed by atoms with Crippen LogP contribution in [-0.2, 0) is 5.41 Å². The van der Waals surface area contributed by atoms with Crippen LogP contribution in [0.4, 0.5) is 0 Å². The number of para-hydroxylation sites is 2. The molecule has 0 amide bonds. The molecule has 0 saturated heterocycles. The number of aromatic nitrogens is 1. The molecule has 1 aliphatic carbocycles. The van der Waals surface area contributed by atoms with E-state index in [-0.39, 0.29) is 5.41 Å². The summed E-state index contributed by atoms with van der Waals surface area (Å²) in [6, 6.07) is 40.0. The first-order chi connectivity index (χ1) is 19.6. The first kappa shape index (κ1) is 25.0. The lowest BCUT2D eigenvalue weighted by molar-refractivity contribution is 0.487. The minimum atomic E-state index is -0.0211. The number of benzene rings is 5. The predicted octanol–water partition coefficient (Wildman–Crippen LogP) is 9.50. The number of nitrogens with zero attached hydrogens (tertiary/aromatic N) is 1. The van der Waals surface area contributed by atoms with E-state index in [1.807, 2.05) is 6.07 Å². The van der Waals surface area contributed by atoms with Gasteiger partial charge < -0.3 is 4.57 Å². The Balaban J connectivity index is 1.29. The first-order valence-electron chi connectivity index (χ1n) is 14.7. The van der Waals surface area contributed by atoms with Gasteiger partial charge in [0.15, 0.2) is 0 Å². The van der Waals surface area contributed by atoms with Crippen molar-refractivity contribution in [3.63, 3.8) is 0 Å². The monoisotopic (exact) mass is 515 g/mol. The quantitative estimate of drug-likeness (QED) is 0.147. The normalized spacial score (nSPS) is 15.9. The maximum absolute atomic E-state index is 6.31. The molecule has 1 nitrogen and oxygen atoms in total. The second-order valence-electron chi connectivity index (χ2n) is 11.6. The maximum atomic E-state index is 6.31. The van der Waals surface area contributed by atoms with E-state index in [9.17, 15) is 0 Å². The van der Waals surface area contributed by atoms with Gasteiger partial charge in [-0.05, 0) is 70.1 Å². The fourth-order valence-corrected chi connectivity index (χ4v) is 6.99. The predicted molar refractivity (Wildman–Crippen MR) is 172 cm³/mol. The highest BCUT2D eigenvalue weighted by atomic mass is 15.0. The molecule has 2 radical (unpaired) electrons. The maximum Gasteiger partial charge on any atom is 0.113 e. The van der Waals surface area contributed by atoms with E-state index in [1.54, 1.807) is 0 Å². The molecule has 0 saturated carbocycles. The van der Waals surface area contributed by atoms with Gasteiger partial charge in [0.1, 0.15) is 7.85 Å². The number of unbranched alkanes of at least 4 members (excludes halogenated alkanes) is 3. The van der Waals surface area contributed by atoms with Gasteiger partial charge in [-0.15, -0.1) is 0 Å². The summed E-state index contributed by atoms with van der Waals surface area (Å²) in [5, 5.41) is 2.58. The van der Waals surface area contributed by atoms with Crippen LogP contribution < -0.4 is 5.46 Å². The number of hydrogen-bond donors (Lipinski definition) is 0. The van der Waals surface area contributed by atoms with Crippen LogP contribution in [0.15, 0.2) is 109 Å². The highest BCUT2D eigenvalue weighted by Gasteiger charge is 2.39. The third-order valence-corrected chi connectivity index (χ3v) is 9.11. The van der Waals surface area contributed by atoms with Crippen molar-refractivity contribution < 1.29 is 0 Å². The van der Waals surface area contributed by atoms with Gasteiger partial charge in [-0.2, -0.15) is 0 Å². The summed E-state index contributed by atoms with van der Waals surface area (Å²) < 4.78 is 2.38. The molecule has 1 atom stereocenters. The van der Waals surface area contributed by atoms with E-state index in [0.717, 1.165) is 11.9 Å². The minimum absolute atomic E-state index is 0.0211. The van der Waals surface area contributed by atoms with Crippen LogP contribution in [-0.4, -0.2) is 12.4 Å². The molecule has 0 N–H and O–H groups in total. The van der Waals surface area contributed by atoms with Crippen LogP contribution in [0.2, 0.25) is 0 Å². The molecular weight excluding hydrogens is 481 g/mol. The third kappa shape index (κ3) is 3.93. The van der Waals surface area contributed by atoms with Gasteiger partial charge in [-0.1, -0.05) is 124 Å². The number of rotatable bonds is 7. The Morgan fingerprint density at radius 1 is 0.625 bits per heavy atom. The van der Waals surface area contributed by atoms with Gasteiger partial charge in [0.05, 0.1) is 11.0 Å². The molecule has 2 heteroatoms. The van der Waals surface area contributed by atoms with Crippen molar-refractivity contribution in [2.75, 3.05) is 0 Å². The van der Waals surface area contributed by atoms with Gasteiger partial charge in [-0.25, -0.2) is 0 Å². The molecule has 1 aromatic heterocycles. The second kappa shape index (κ2) is 9.86. The van der Waals surface area contributed by atoms with Gasteiger partial charge in [-0.3, -0.25) is 0 Å². The van der Waals surface area contributed by atoms with E-state index < -0.39 is 0 Å². The molecule has 7 rings (SSSR count). The van der Waals surface area contributed by atoms with Crippen molar-refractivity contribution in [2.24, 2.45) is 0 Å². The zero-order valence-electron chi connectivity index (χ0n) is 23.5. The third-order valence-electron chi connectivity index (χ3n) is 9.11. The molecule has 6 aromatic rings. The van der Waals surface area contributed by atoms with Crippen LogP contribution in [0.25, 0.3) is 49.7 Å². The Morgan fingerprint density at radius 3 is 1.90 bits per heavy atom. The highest BCUT2D eigenvalue weighted by Crippen LogP contribution is 2.52. The molecule has 0 aliphatic heterocycles. The smallest absolute Gasteiger partial charge is 0.113 e. The lowest BCUT2D eigenvalue weighted by Crippen LogP contribution is -2.22. The fourth-order valence-electron chi connectivity index (χ4n) is 6.99. The topological polar surface area (TPSA) is 4.93 Å². The summed E-state index contributed by atoms with van der Waals surface area (Å²) >= 11 is 0. The average molecular weight is 516 g/mol. The van der Waals surface area contributed by atoms with Crippen molar-refractivity contribution >= 4 is 35.1 Å².